The summed E-state index contributed by atoms with van der Waals surface area (Å²) < 4.78 is 1.13. The number of rotatable bonds is 6. The van der Waals surface area contributed by atoms with Crippen molar-refractivity contribution in [3.8, 4) is 0 Å². The Morgan fingerprint density at radius 2 is 1.60 bits per heavy atom. The molecule has 20 heavy (non-hydrogen) atoms. The lowest BCUT2D eigenvalue weighted by Crippen LogP contribution is -2.29. The summed E-state index contributed by atoms with van der Waals surface area (Å²) in [5, 5.41) is 4.36. The van der Waals surface area contributed by atoms with Crippen molar-refractivity contribution >= 4 is 27.5 Å². The Labute approximate surface area is 134 Å². The van der Waals surface area contributed by atoms with Crippen LogP contribution in [-0.2, 0) is 12.8 Å². The predicted molar refractivity (Wildman–Crippen MR) is 90.5 cm³/mol. The van der Waals surface area contributed by atoms with Crippen LogP contribution in [0.25, 0.3) is 0 Å². The van der Waals surface area contributed by atoms with Crippen molar-refractivity contribution in [2.75, 3.05) is 6.54 Å². The Hall–Kier alpha value is -0.830. The standard InChI is InChI=1S/C17H19BrClN/c1-13(12-15-2-6-16(18)7-3-15)20-11-10-14-4-8-17(19)9-5-14/h2-9,13,20H,10-12H2,1H3. The Bertz CT molecular complexity index is 522. The molecule has 2 aromatic carbocycles. The second-order valence-corrected chi connectivity index (χ2v) is 6.41. The van der Waals surface area contributed by atoms with Gasteiger partial charge in [0.05, 0.1) is 0 Å². The Morgan fingerprint density at radius 1 is 1.00 bits per heavy atom. The first-order valence-corrected chi connectivity index (χ1v) is 8.03. The molecule has 1 atom stereocenters. The first kappa shape index (κ1) is 15.6. The van der Waals surface area contributed by atoms with Crippen molar-refractivity contribution in [2.45, 2.75) is 25.8 Å². The molecule has 0 saturated heterocycles. The number of benzene rings is 2. The number of hydrogen-bond acceptors (Lipinski definition) is 1. The SMILES string of the molecule is CC(Cc1ccc(Br)cc1)NCCc1ccc(Cl)cc1. The molecule has 0 radical (unpaired) electrons. The van der Waals surface area contributed by atoms with Crippen molar-refractivity contribution in [3.05, 3.63) is 69.2 Å². The van der Waals surface area contributed by atoms with Gasteiger partial charge in [-0.15, -0.1) is 0 Å². The molecule has 0 spiro atoms. The highest BCUT2D eigenvalue weighted by molar-refractivity contribution is 9.10. The van der Waals surface area contributed by atoms with E-state index >= 15 is 0 Å². The molecular formula is C17H19BrClN. The van der Waals surface area contributed by atoms with Crippen LogP contribution in [0.5, 0.6) is 0 Å². The zero-order chi connectivity index (χ0) is 14.4. The van der Waals surface area contributed by atoms with E-state index in [-0.39, 0.29) is 0 Å². The summed E-state index contributed by atoms with van der Waals surface area (Å²) in [7, 11) is 0. The van der Waals surface area contributed by atoms with Crippen molar-refractivity contribution in [2.24, 2.45) is 0 Å². The first-order chi connectivity index (χ1) is 9.63. The van der Waals surface area contributed by atoms with Crippen LogP contribution in [0, 0.1) is 0 Å². The molecule has 0 aromatic heterocycles. The van der Waals surface area contributed by atoms with Crippen LogP contribution in [0.15, 0.2) is 53.0 Å². The summed E-state index contributed by atoms with van der Waals surface area (Å²) in [6, 6.07) is 17.1. The molecule has 0 aliphatic heterocycles. The van der Waals surface area contributed by atoms with E-state index in [9.17, 15) is 0 Å². The minimum atomic E-state index is 0.475. The Morgan fingerprint density at radius 3 is 2.25 bits per heavy atom. The van der Waals surface area contributed by atoms with Gasteiger partial charge in [-0.05, 0) is 61.7 Å². The van der Waals surface area contributed by atoms with Gasteiger partial charge in [0.2, 0.25) is 0 Å². The molecule has 3 heteroatoms. The molecule has 0 heterocycles. The molecule has 1 N–H and O–H groups in total. The topological polar surface area (TPSA) is 12.0 Å². The monoisotopic (exact) mass is 351 g/mol. The number of halogens is 2. The first-order valence-electron chi connectivity index (χ1n) is 6.86. The van der Waals surface area contributed by atoms with Gasteiger partial charge < -0.3 is 5.32 Å². The molecular weight excluding hydrogens is 334 g/mol. The molecule has 0 saturated carbocycles. The van der Waals surface area contributed by atoms with Gasteiger partial charge in [0.25, 0.3) is 0 Å². The van der Waals surface area contributed by atoms with E-state index in [1.165, 1.54) is 11.1 Å². The van der Waals surface area contributed by atoms with Gasteiger partial charge in [0.15, 0.2) is 0 Å². The normalized spacial score (nSPS) is 12.3. The van der Waals surface area contributed by atoms with Gasteiger partial charge in [-0.2, -0.15) is 0 Å². The fourth-order valence-corrected chi connectivity index (χ4v) is 2.55. The predicted octanol–water partition coefficient (Wildman–Crippen LogP) is 4.87. The maximum absolute atomic E-state index is 5.88. The third kappa shape index (κ3) is 5.28. The van der Waals surface area contributed by atoms with Gasteiger partial charge in [0, 0.05) is 15.5 Å². The summed E-state index contributed by atoms with van der Waals surface area (Å²) >= 11 is 9.34. The third-order valence-corrected chi connectivity index (χ3v) is 4.06. The van der Waals surface area contributed by atoms with Gasteiger partial charge in [0.1, 0.15) is 0 Å². The number of nitrogens with one attached hydrogen (secondary N) is 1. The highest BCUT2D eigenvalue weighted by Crippen LogP contribution is 2.12. The summed E-state index contributed by atoms with van der Waals surface area (Å²) in [4.78, 5) is 0. The smallest absolute Gasteiger partial charge is 0.0406 e. The van der Waals surface area contributed by atoms with Gasteiger partial charge in [-0.25, -0.2) is 0 Å². The maximum atomic E-state index is 5.88. The Balaban J connectivity index is 1.73. The fourth-order valence-electron chi connectivity index (χ4n) is 2.16. The van der Waals surface area contributed by atoms with Crippen LogP contribution in [0.3, 0.4) is 0 Å². The molecule has 2 aromatic rings. The van der Waals surface area contributed by atoms with Crippen LogP contribution in [-0.4, -0.2) is 12.6 Å². The maximum Gasteiger partial charge on any atom is 0.0406 e. The summed E-state index contributed by atoms with van der Waals surface area (Å²) in [6.07, 6.45) is 2.08. The lowest BCUT2D eigenvalue weighted by molar-refractivity contribution is 0.548. The molecule has 1 unspecified atom stereocenters. The van der Waals surface area contributed by atoms with Crippen molar-refractivity contribution in [1.82, 2.24) is 5.32 Å². The molecule has 1 nitrogen and oxygen atoms in total. The molecule has 0 aliphatic carbocycles. The highest BCUT2D eigenvalue weighted by atomic mass is 79.9. The molecule has 0 bridgehead atoms. The molecule has 2 rings (SSSR count). The summed E-state index contributed by atoms with van der Waals surface area (Å²) in [6.45, 7) is 3.21. The van der Waals surface area contributed by atoms with Crippen molar-refractivity contribution in [1.29, 1.82) is 0 Å². The zero-order valence-electron chi connectivity index (χ0n) is 11.6. The van der Waals surface area contributed by atoms with Crippen LogP contribution in [0.4, 0.5) is 0 Å². The summed E-state index contributed by atoms with van der Waals surface area (Å²) in [5.74, 6) is 0. The van der Waals surface area contributed by atoms with Gasteiger partial charge in [-0.3, -0.25) is 0 Å². The van der Waals surface area contributed by atoms with Gasteiger partial charge in [-0.1, -0.05) is 51.8 Å². The second kappa shape index (κ2) is 7.82. The second-order valence-electron chi connectivity index (χ2n) is 5.06. The van der Waals surface area contributed by atoms with E-state index < -0.39 is 0 Å². The lowest BCUT2D eigenvalue weighted by atomic mass is 10.1. The Kier molecular flexibility index (Phi) is 6.08. The van der Waals surface area contributed by atoms with Crippen LogP contribution < -0.4 is 5.32 Å². The lowest BCUT2D eigenvalue weighted by Gasteiger charge is -2.14. The average molecular weight is 353 g/mol. The van der Waals surface area contributed by atoms with Crippen LogP contribution in [0.2, 0.25) is 5.02 Å². The van der Waals surface area contributed by atoms with E-state index in [1.807, 2.05) is 12.1 Å². The van der Waals surface area contributed by atoms with Crippen LogP contribution >= 0.6 is 27.5 Å². The quantitative estimate of drug-likeness (QED) is 0.782. The minimum absolute atomic E-state index is 0.475. The third-order valence-electron chi connectivity index (χ3n) is 3.27. The van der Waals surface area contributed by atoms with Crippen molar-refractivity contribution < 1.29 is 0 Å². The minimum Gasteiger partial charge on any atom is -0.314 e. The van der Waals surface area contributed by atoms with Gasteiger partial charge >= 0.3 is 0 Å². The number of hydrogen-bond donors (Lipinski definition) is 1. The zero-order valence-corrected chi connectivity index (χ0v) is 13.9. The van der Waals surface area contributed by atoms with Crippen LogP contribution in [0.1, 0.15) is 18.1 Å². The fraction of sp³-hybridized carbons (Fsp3) is 0.294. The summed E-state index contributed by atoms with van der Waals surface area (Å²) in [5.41, 5.74) is 2.68. The molecule has 0 aliphatic rings. The van der Waals surface area contributed by atoms with E-state index in [2.05, 4.69) is 64.6 Å². The average Bonchev–Trinajstić information content (AvgIpc) is 2.44. The van der Waals surface area contributed by atoms with E-state index in [4.69, 9.17) is 11.6 Å². The molecule has 106 valence electrons. The largest absolute Gasteiger partial charge is 0.314 e. The van der Waals surface area contributed by atoms with E-state index in [0.717, 1.165) is 28.9 Å². The molecule has 0 fully saturated rings. The van der Waals surface area contributed by atoms with E-state index in [1.54, 1.807) is 0 Å². The van der Waals surface area contributed by atoms with Crippen molar-refractivity contribution in [3.63, 3.8) is 0 Å². The molecule has 0 amide bonds. The highest BCUT2D eigenvalue weighted by Gasteiger charge is 2.03. The van der Waals surface area contributed by atoms with E-state index in [0.29, 0.717) is 6.04 Å².